The van der Waals surface area contributed by atoms with E-state index >= 15 is 0 Å². The summed E-state index contributed by atoms with van der Waals surface area (Å²) < 4.78 is 0. The molecule has 0 heterocycles. The highest BCUT2D eigenvalue weighted by Crippen LogP contribution is 2.51. The van der Waals surface area contributed by atoms with Gasteiger partial charge in [0.1, 0.15) is 0 Å². The largest absolute Gasteiger partial charge is 0.390 e. The topological polar surface area (TPSA) is 20.2 Å². The molecule has 0 aromatic heterocycles. The van der Waals surface area contributed by atoms with Crippen molar-refractivity contribution in [3.63, 3.8) is 0 Å². The summed E-state index contributed by atoms with van der Waals surface area (Å²) in [6.07, 6.45) is 6.18. The van der Waals surface area contributed by atoms with Gasteiger partial charge in [-0.1, -0.05) is 27.2 Å². The summed E-state index contributed by atoms with van der Waals surface area (Å²) in [5, 5.41) is 10.6. The molecule has 0 aromatic rings. The minimum Gasteiger partial charge on any atom is -0.390 e. The Morgan fingerprint density at radius 1 is 1.19 bits per heavy atom. The summed E-state index contributed by atoms with van der Waals surface area (Å²) in [5.74, 6) is 3.87. The second kappa shape index (κ2) is 4.33. The quantitative estimate of drug-likeness (QED) is 0.717. The number of fused-ring (bicyclic) bond motifs is 1. The summed E-state index contributed by atoms with van der Waals surface area (Å²) in [6.45, 7) is 9.19. The van der Waals surface area contributed by atoms with Gasteiger partial charge in [0.05, 0.1) is 5.60 Å². The molecule has 0 amide bonds. The molecule has 0 saturated heterocycles. The molecule has 0 aromatic carbocycles. The second-order valence-electron chi connectivity index (χ2n) is 6.99. The van der Waals surface area contributed by atoms with Gasteiger partial charge in [-0.2, -0.15) is 0 Å². The van der Waals surface area contributed by atoms with Crippen LogP contribution in [0.5, 0.6) is 0 Å². The van der Waals surface area contributed by atoms with E-state index in [0.717, 1.165) is 30.1 Å². The molecule has 1 heteroatoms. The van der Waals surface area contributed by atoms with Gasteiger partial charge in [-0.25, -0.2) is 0 Å². The van der Waals surface area contributed by atoms with Crippen LogP contribution in [0.3, 0.4) is 0 Å². The lowest BCUT2D eigenvalue weighted by molar-refractivity contribution is -0.109. The van der Waals surface area contributed by atoms with Crippen LogP contribution >= 0.6 is 0 Å². The summed E-state index contributed by atoms with van der Waals surface area (Å²) in [5.41, 5.74) is -0.379. The maximum absolute atomic E-state index is 10.6. The molecule has 2 fully saturated rings. The van der Waals surface area contributed by atoms with Crippen LogP contribution in [-0.4, -0.2) is 10.7 Å². The number of hydrogen-bond donors (Lipinski definition) is 1. The van der Waals surface area contributed by atoms with Crippen LogP contribution in [0.1, 0.15) is 59.8 Å². The molecule has 94 valence electrons. The van der Waals surface area contributed by atoms with Crippen molar-refractivity contribution in [3.05, 3.63) is 0 Å². The van der Waals surface area contributed by atoms with Crippen LogP contribution in [0.25, 0.3) is 0 Å². The zero-order valence-electron chi connectivity index (χ0n) is 11.4. The maximum atomic E-state index is 10.6. The van der Waals surface area contributed by atoms with E-state index in [-0.39, 0.29) is 5.60 Å². The highest BCUT2D eigenvalue weighted by Gasteiger charge is 2.47. The van der Waals surface area contributed by atoms with Crippen LogP contribution in [0.4, 0.5) is 0 Å². The molecule has 1 nitrogen and oxygen atoms in total. The molecular formula is C15H28O. The van der Waals surface area contributed by atoms with E-state index in [0.29, 0.717) is 5.92 Å². The third-order valence-electron chi connectivity index (χ3n) is 5.35. The molecule has 0 radical (unpaired) electrons. The second-order valence-corrected chi connectivity index (χ2v) is 6.99. The van der Waals surface area contributed by atoms with Crippen LogP contribution in [0, 0.1) is 29.6 Å². The Hall–Kier alpha value is -0.0400. The van der Waals surface area contributed by atoms with Crippen LogP contribution in [-0.2, 0) is 0 Å². The van der Waals surface area contributed by atoms with Gasteiger partial charge in [-0.3, -0.25) is 0 Å². The molecule has 2 rings (SSSR count). The van der Waals surface area contributed by atoms with Crippen molar-refractivity contribution < 1.29 is 5.11 Å². The van der Waals surface area contributed by atoms with E-state index in [1.807, 2.05) is 0 Å². The molecule has 16 heavy (non-hydrogen) atoms. The predicted molar refractivity (Wildman–Crippen MR) is 68.2 cm³/mol. The third-order valence-corrected chi connectivity index (χ3v) is 5.35. The Morgan fingerprint density at radius 3 is 2.50 bits per heavy atom. The SMILES string of the molecule is CC(C)[C@H]1CC[C@@](C)(O)[C@@H]2CC[C@H](C)C[C@H]12. The molecule has 5 atom stereocenters. The fraction of sp³-hybridized carbons (Fsp3) is 1.00. The smallest absolute Gasteiger partial charge is 0.0650 e. The van der Waals surface area contributed by atoms with Crippen LogP contribution in [0.15, 0.2) is 0 Å². The monoisotopic (exact) mass is 224 g/mol. The molecule has 2 aliphatic carbocycles. The predicted octanol–water partition coefficient (Wildman–Crippen LogP) is 3.86. The first-order valence-corrected chi connectivity index (χ1v) is 7.14. The van der Waals surface area contributed by atoms with Gasteiger partial charge < -0.3 is 5.11 Å². The van der Waals surface area contributed by atoms with E-state index in [1.165, 1.54) is 25.7 Å². The van der Waals surface area contributed by atoms with Gasteiger partial charge >= 0.3 is 0 Å². The summed E-state index contributed by atoms with van der Waals surface area (Å²) in [6, 6.07) is 0. The molecule has 2 saturated carbocycles. The van der Waals surface area contributed by atoms with Gasteiger partial charge in [0.25, 0.3) is 0 Å². The first kappa shape index (κ1) is 12.4. The standard InChI is InChI=1S/C15H28O/c1-10(2)12-7-8-15(4,16)14-6-5-11(3)9-13(12)14/h10-14,16H,5-9H2,1-4H3/t11-,12+,13+,14+,15+/m0/s1. The third kappa shape index (κ3) is 2.16. The Kier molecular flexibility index (Phi) is 3.36. The molecule has 2 aliphatic rings. The molecule has 1 N–H and O–H groups in total. The summed E-state index contributed by atoms with van der Waals surface area (Å²) in [4.78, 5) is 0. The van der Waals surface area contributed by atoms with Crippen molar-refractivity contribution in [2.75, 3.05) is 0 Å². The number of hydrogen-bond acceptors (Lipinski definition) is 1. The van der Waals surface area contributed by atoms with Gasteiger partial charge in [0.2, 0.25) is 0 Å². The lowest BCUT2D eigenvalue weighted by Gasteiger charge is -2.52. The van der Waals surface area contributed by atoms with Crippen LogP contribution in [0.2, 0.25) is 0 Å². The van der Waals surface area contributed by atoms with E-state index < -0.39 is 0 Å². The van der Waals surface area contributed by atoms with Gasteiger partial charge in [0.15, 0.2) is 0 Å². The van der Waals surface area contributed by atoms with E-state index in [2.05, 4.69) is 27.7 Å². The zero-order valence-corrected chi connectivity index (χ0v) is 11.4. The maximum Gasteiger partial charge on any atom is 0.0650 e. The molecule has 0 bridgehead atoms. The lowest BCUT2D eigenvalue weighted by atomic mass is 9.56. The molecule has 0 aliphatic heterocycles. The minimum absolute atomic E-state index is 0.379. The normalized spacial score (nSPS) is 49.1. The van der Waals surface area contributed by atoms with E-state index in [9.17, 15) is 5.11 Å². The molecule has 0 spiro atoms. The molecular weight excluding hydrogens is 196 g/mol. The van der Waals surface area contributed by atoms with Crippen molar-refractivity contribution in [3.8, 4) is 0 Å². The number of rotatable bonds is 1. The number of aliphatic hydroxyl groups is 1. The first-order valence-electron chi connectivity index (χ1n) is 7.14. The average Bonchev–Trinajstić information content (AvgIpc) is 2.16. The first-order chi connectivity index (χ1) is 7.42. The van der Waals surface area contributed by atoms with Crippen molar-refractivity contribution in [1.82, 2.24) is 0 Å². The average molecular weight is 224 g/mol. The Morgan fingerprint density at radius 2 is 1.88 bits per heavy atom. The fourth-order valence-corrected chi connectivity index (χ4v) is 4.36. The Bertz CT molecular complexity index is 244. The van der Waals surface area contributed by atoms with Crippen LogP contribution < -0.4 is 0 Å². The van der Waals surface area contributed by atoms with Crippen molar-refractivity contribution in [2.45, 2.75) is 65.4 Å². The van der Waals surface area contributed by atoms with Gasteiger partial charge in [-0.15, -0.1) is 0 Å². The fourth-order valence-electron chi connectivity index (χ4n) is 4.36. The van der Waals surface area contributed by atoms with Gasteiger partial charge in [0, 0.05) is 0 Å². The highest BCUT2D eigenvalue weighted by molar-refractivity contribution is 4.98. The Balaban J connectivity index is 2.18. The van der Waals surface area contributed by atoms with Gasteiger partial charge in [-0.05, 0) is 62.2 Å². The zero-order chi connectivity index (χ0) is 11.9. The molecule has 0 unspecified atom stereocenters. The summed E-state index contributed by atoms with van der Waals surface area (Å²) >= 11 is 0. The van der Waals surface area contributed by atoms with Crippen molar-refractivity contribution in [1.29, 1.82) is 0 Å². The van der Waals surface area contributed by atoms with E-state index in [4.69, 9.17) is 0 Å². The van der Waals surface area contributed by atoms with Crippen molar-refractivity contribution in [2.24, 2.45) is 29.6 Å². The van der Waals surface area contributed by atoms with Crippen molar-refractivity contribution >= 4 is 0 Å². The summed E-state index contributed by atoms with van der Waals surface area (Å²) in [7, 11) is 0. The highest BCUT2D eigenvalue weighted by atomic mass is 16.3. The lowest BCUT2D eigenvalue weighted by Crippen LogP contribution is -2.49. The van der Waals surface area contributed by atoms with E-state index in [1.54, 1.807) is 0 Å². The Labute approximate surface area is 101 Å². The minimum atomic E-state index is -0.379.